The number of hydrogen-bond donors (Lipinski definition) is 3. The number of nitrogens with zero attached hydrogens (tertiary/aromatic N) is 3. The molecular formula is C24H33IN6O. The Balaban J connectivity index is 0.00000363. The van der Waals surface area contributed by atoms with Gasteiger partial charge in [0.05, 0.1) is 11.0 Å². The summed E-state index contributed by atoms with van der Waals surface area (Å²) in [5, 5.41) is 9.49. The summed E-state index contributed by atoms with van der Waals surface area (Å²) < 4.78 is 2.26. The number of rotatable bonds is 9. The Hall–Kier alpha value is -2.62. The molecule has 0 aliphatic heterocycles. The van der Waals surface area contributed by atoms with Crippen molar-refractivity contribution in [2.45, 2.75) is 40.2 Å². The zero-order chi connectivity index (χ0) is 22.1. The van der Waals surface area contributed by atoms with E-state index in [0.717, 1.165) is 62.0 Å². The van der Waals surface area contributed by atoms with Gasteiger partial charge in [0.25, 0.3) is 0 Å². The lowest BCUT2D eigenvalue weighted by atomic mass is 10.1. The molecule has 0 atom stereocenters. The number of para-hydroxylation sites is 2. The highest BCUT2D eigenvalue weighted by atomic mass is 127. The Bertz CT molecular complexity index is 1030. The Morgan fingerprint density at radius 2 is 1.84 bits per heavy atom. The largest absolute Gasteiger partial charge is 0.357 e. The van der Waals surface area contributed by atoms with Gasteiger partial charge in [-0.25, -0.2) is 4.98 Å². The van der Waals surface area contributed by atoms with E-state index in [-0.39, 0.29) is 29.9 Å². The summed E-state index contributed by atoms with van der Waals surface area (Å²) >= 11 is 0. The normalized spacial score (nSPS) is 11.2. The van der Waals surface area contributed by atoms with Crippen LogP contribution in [-0.2, 0) is 17.8 Å². The van der Waals surface area contributed by atoms with Gasteiger partial charge in [-0.05, 0) is 56.5 Å². The van der Waals surface area contributed by atoms with Crippen LogP contribution in [0.15, 0.2) is 53.5 Å². The molecule has 0 aliphatic carbocycles. The smallest absolute Gasteiger partial charge is 0.221 e. The third-order valence-corrected chi connectivity index (χ3v) is 4.98. The number of benzene rings is 2. The standard InChI is InChI=1S/C24H32N6O.HI/c1-4-25-24(27-16-14-20-10-12-21(13-11-20)29-19(3)31)26-15-7-17-30-18(2)28-22-8-5-6-9-23(22)30;/h5-6,8-13H,4,7,14-17H2,1-3H3,(H,29,31)(H2,25,26,27);1H. The van der Waals surface area contributed by atoms with E-state index in [1.54, 1.807) is 0 Å². The van der Waals surface area contributed by atoms with Crippen LogP contribution in [0.1, 0.15) is 31.7 Å². The first kappa shape index (κ1) is 25.6. The number of fused-ring (bicyclic) bond motifs is 1. The number of carbonyl (C=O) groups is 1. The fourth-order valence-electron chi connectivity index (χ4n) is 3.52. The van der Waals surface area contributed by atoms with Crippen molar-refractivity contribution in [2.75, 3.05) is 25.0 Å². The molecule has 172 valence electrons. The molecule has 0 bridgehead atoms. The number of carbonyl (C=O) groups excluding carboxylic acids is 1. The number of hydrogen-bond acceptors (Lipinski definition) is 3. The van der Waals surface area contributed by atoms with Crippen molar-refractivity contribution < 1.29 is 4.79 Å². The number of imidazole rings is 1. The van der Waals surface area contributed by atoms with Gasteiger partial charge in [-0.2, -0.15) is 0 Å². The average Bonchev–Trinajstić information content (AvgIpc) is 3.07. The molecule has 32 heavy (non-hydrogen) atoms. The van der Waals surface area contributed by atoms with Crippen molar-refractivity contribution in [2.24, 2.45) is 4.99 Å². The summed E-state index contributed by atoms with van der Waals surface area (Å²) in [6, 6.07) is 16.2. The molecule has 3 N–H and O–H groups in total. The molecule has 0 radical (unpaired) electrons. The Morgan fingerprint density at radius 3 is 2.56 bits per heavy atom. The molecule has 2 aromatic carbocycles. The van der Waals surface area contributed by atoms with Gasteiger partial charge in [0.2, 0.25) is 5.91 Å². The van der Waals surface area contributed by atoms with E-state index in [1.165, 1.54) is 18.0 Å². The van der Waals surface area contributed by atoms with Crippen molar-refractivity contribution >= 4 is 52.6 Å². The van der Waals surface area contributed by atoms with Gasteiger partial charge in [-0.3, -0.25) is 9.79 Å². The molecule has 8 heteroatoms. The minimum absolute atomic E-state index is 0. The summed E-state index contributed by atoms with van der Waals surface area (Å²) in [4.78, 5) is 20.5. The van der Waals surface area contributed by atoms with E-state index in [2.05, 4.69) is 57.5 Å². The lowest BCUT2D eigenvalue weighted by molar-refractivity contribution is -0.114. The molecule has 0 saturated carbocycles. The number of aromatic nitrogens is 2. The number of anilines is 1. The monoisotopic (exact) mass is 548 g/mol. The molecule has 0 saturated heterocycles. The van der Waals surface area contributed by atoms with Crippen molar-refractivity contribution in [3.8, 4) is 0 Å². The Morgan fingerprint density at radius 1 is 1.09 bits per heavy atom. The lowest BCUT2D eigenvalue weighted by Crippen LogP contribution is -2.38. The van der Waals surface area contributed by atoms with E-state index >= 15 is 0 Å². The van der Waals surface area contributed by atoms with Gasteiger partial charge >= 0.3 is 0 Å². The highest BCUT2D eigenvalue weighted by Gasteiger charge is 2.06. The van der Waals surface area contributed by atoms with Gasteiger partial charge in [0, 0.05) is 38.8 Å². The molecule has 0 aliphatic rings. The number of nitrogens with one attached hydrogen (secondary N) is 3. The van der Waals surface area contributed by atoms with Crippen molar-refractivity contribution in [3.05, 3.63) is 59.9 Å². The van der Waals surface area contributed by atoms with Crippen LogP contribution < -0.4 is 16.0 Å². The minimum Gasteiger partial charge on any atom is -0.357 e. The fraction of sp³-hybridized carbons (Fsp3) is 0.375. The minimum atomic E-state index is -0.0581. The number of amides is 1. The van der Waals surface area contributed by atoms with Gasteiger partial charge < -0.3 is 20.5 Å². The van der Waals surface area contributed by atoms with Crippen LogP contribution in [0, 0.1) is 6.92 Å². The second kappa shape index (κ2) is 13.0. The Labute approximate surface area is 207 Å². The SMILES string of the molecule is CCNC(=NCCCn1c(C)nc2ccccc21)NCCc1ccc(NC(C)=O)cc1.I. The fourth-order valence-corrected chi connectivity index (χ4v) is 3.52. The topological polar surface area (TPSA) is 83.3 Å². The van der Waals surface area contributed by atoms with Gasteiger partial charge in [0.1, 0.15) is 5.82 Å². The third-order valence-electron chi connectivity index (χ3n) is 4.98. The van der Waals surface area contributed by atoms with E-state index in [9.17, 15) is 4.79 Å². The van der Waals surface area contributed by atoms with E-state index in [1.807, 2.05) is 30.3 Å². The number of halogens is 1. The molecule has 0 unspecified atom stereocenters. The van der Waals surface area contributed by atoms with Crippen LogP contribution in [0.4, 0.5) is 5.69 Å². The predicted octanol–water partition coefficient (Wildman–Crippen LogP) is 4.11. The molecular weight excluding hydrogens is 515 g/mol. The highest BCUT2D eigenvalue weighted by Crippen LogP contribution is 2.15. The summed E-state index contributed by atoms with van der Waals surface area (Å²) in [6.07, 6.45) is 1.83. The molecule has 0 spiro atoms. The summed E-state index contributed by atoms with van der Waals surface area (Å²) in [6.45, 7) is 8.89. The highest BCUT2D eigenvalue weighted by molar-refractivity contribution is 14.0. The zero-order valence-electron chi connectivity index (χ0n) is 19.0. The van der Waals surface area contributed by atoms with E-state index < -0.39 is 0 Å². The van der Waals surface area contributed by atoms with Crippen LogP contribution in [0.3, 0.4) is 0 Å². The molecule has 7 nitrogen and oxygen atoms in total. The molecule has 1 amide bonds. The lowest BCUT2D eigenvalue weighted by Gasteiger charge is -2.12. The molecule has 3 rings (SSSR count). The van der Waals surface area contributed by atoms with E-state index in [0.29, 0.717) is 0 Å². The summed E-state index contributed by atoms with van der Waals surface area (Å²) in [5.41, 5.74) is 4.25. The van der Waals surface area contributed by atoms with Gasteiger partial charge in [-0.1, -0.05) is 24.3 Å². The van der Waals surface area contributed by atoms with Crippen LogP contribution in [0.2, 0.25) is 0 Å². The average molecular weight is 548 g/mol. The molecule has 1 aromatic heterocycles. The van der Waals surface area contributed by atoms with Crippen molar-refractivity contribution in [1.82, 2.24) is 20.2 Å². The first-order chi connectivity index (χ1) is 15.1. The maximum absolute atomic E-state index is 11.1. The number of guanidine groups is 1. The number of aliphatic imine (C=N–C) groups is 1. The Kier molecular flexibility index (Phi) is 10.5. The van der Waals surface area contributed by atoms with Crippen molar-refractivity contribution in [1.29, 1.82) is 0 Å². The predicted molar refractivity (Wildman–Crippen MR) is 143 cm³/mol. The molecule has 1 heterocycles. The number of aryl methyl sites for hydroxylation is 2. The van der Waals surface area contributed by atoms with Crippen LogP contribution in [0.25, 0.3) is 11.0 Å². The maximum Gasteiger partial charge on any atom is 0.221 e. The maximum atomic E-state index is 11.1. The van der Waals surface area contributed by atoms with Crippen LogP contribution >= 0.6 is 24.0 Å². The van der Waals surface area contributed by atoms with Crippen molar-refractivity contribution in [3.63, 3.8) is 0 Å². The zero-order valence-corrected chi connectivity index (χ0v) is 21.3. The third kappa shape index (κ3) is 7.51. The second-order valence-electron chi connectivity index (χ2n) is 7.47. The first-order valence-corrected chi connectivity index (χ1v) is 10.9. The molecule has 3 aromatic rings. The quantitative estimate of drug-likeness (QED) is 0.163. The molecule has 0 fully saturated rings. The van der Waals surface area contributed by atoms with Gasteiger partial charge in [0.15, 0.2) is 5.96 Å². The van der Waals surface area contributed by atoms with Crippen LogP contribution in [-0.4, -0.2) is 41.1 Å². The van der Waals surface area contributed by atoms with Crippen LogP contribution in [0.5, 0.6) is 0 Å². The first-order valence-electron chi connectivity index (χ1n) is 10.9. The summed E-state index contributed by atoms with van der Waals surface area (Å²) in [7, 11) is 0. The van der Waals surface area contributed by atoms with E-state index in [4.69, 9.17) is 4.99 Å². The van der Waals surface area contributed by atoms with Gasteiger partial charge in [-0.15, -0.1) is 24.0 Å². The summed E-state index contributed by atoms with van der Waals surface area (Å²) in [5.74, 6) is 1.82. The second-order valence-corrected chi connectivity index (χ2v) is 7.47.